The normalized spacial score (nSPS) is 12.9. The van der Waals surface area contributed by atoms with Crippen LogP contribution in [-0.4, -0.2) is 82.0 Å². The fourth-order valence-electron chi connectivity index (χ4n) is 0.703. The summed E-state index contributed by atoms with van der Waals surface area (Å²) in [4.78, 5) is 30.3. The van der Waals surface area contributed by atoms with Gasteiger partial charge in [0.1, 0.15) is 0 Å². The second kappa shape index (κ2) is 9.84. The molecule has 13 heteroatoms. The topological polar surface area (TPSA) is 201 Å². The standard InChI is InChI=1S/C6H8O7.CH4O4S.Mg/c7-3(8)1-6(13,5(11)12)2-4(9)10;1-5-6(2,3)4;/h13H,1-2H2,(H,7,8)(H,9,10)(H,11,12);1H3,(H,2,3,4);/q;;+2/p-2. The average Bonchev–Trinajstić information content (AvgIpc) is 2.14. The van der Waals surface area contributed by atoms with Gasteiger partial charge in [0.05, 0.1) is 13.5 Å². The van der Waals surface area contributed by atoms with Gasteiger partial charge in [-0.2, -0.15) is 0 Å². The Morgan fingerprint density at radius 1 is 1.20 bits per heavy atom. The first-order chi connectivity index (χ1) is 8.34. The van der Waals surface area contributed by atoms with E-state index in [0.29, 0.717) is 0 Å². The van der Waals surface area contributed by atoms with Crippen molar-refractivity contribution in [1.29, 1.82) is 0 Å². The molecule has 20 heavy (non-hydrogen) atoms. The molecule has 0 saturated heterocycles. The van der Waals surface area contributed by atoms with E-state index in [1.165, 1.54) is 0 Å². The summed E-state index contributed by atoms with van der Waals surface area (Å²) in [6.45, 7) is 0. The van der Waals surface area contributed by atoms with Crippen LogP contribution in [-0.2, 0) is 29.0 Å². The SMILES string of the molecule is COS(=O)(=O)[O-].O=C([O-])CC(O)(CC(=O)O)C(=O)O.[Mg+2]. The molecule has 0 aliphatic rings. The maximum atomic E-state index is 10.3. The van der Waals surface area contributed by atoms with Gasteiger partial charge in [0.2, 0.25) is 10.4 Å². The van der Waals surface area contributed by atoms with Crippen molar-refractivity contribution < 1.29 is 52.0 Å². The van der Waals surface area contributed by atoms with Crippen LogP contribution in [0.2, 0.25) is 0 Å². The monoisotopic (exact) mass is 326 g/mol. The molecular formula is C7H10MgO11S. The zero-order chi connectivity index (χ0) is 15.9. The number of carbonyl (C=O) groups is 3. The molecule has 0 aromatic carbocycles. The summed E-state index contributed by atoms with van der Waals surface area (Å²) in [5, 5.41) is 35.5. The molecule has 11 nitrogen and oxygen atoms in total. The Morgan fingerprint density at radius 3 is 1.70 bits per heavy atom. The molecule has 0 spiro atoms. The number of rotatable bonds is 6. The fraction of sp³-hybridized carbons (Fsp3) is 0.571. The zero-order valence-electron chi connectivity index (χ0n) is 10.1. The van der Waals surface area contributed by atoms with Crippen molar-refractivity contribution in [3.05, 3.63) is 0 Å². The van der Waals surface area contributed by atoms with Crippen molar-refractivity contribution in [2.75, 3.05) is 7.11 Å². The predicted molar refractivity (Wildman–Crippen MR) is 56.9 cm³/mol. The van der Waals surface area contributed by atoms with Crippen LogP contribution >= 0.6 is 0 Å². The summed E-state index contributed by atoms with van der Waals surface area (Å²) >= 11 is 0. The van der Waals surface area contributed by atoms with Gasteiger partial charge in [-0.1, -0.05) is 0 Å². The minimum absolute atomic E-state index is 0. The van der Waals surface area contributed by atoms with E-state index in [-0.39, 0.29) is 23.1 Å². The third kappa shape index (κ3) is 13.4. The van der Waals surface area contributed by atoms with Gasteiger partial charge in [0, 0.05) is 12.4 Å². The van der Waals surface area contributed by atoms with Crippen molar-refractivity contribution >= 4 is 51.4 Å². The Labute approximate surface area is 129 Å². The third-order valence-electron chi connectivity index (χ3n) is 1.48. The number of carbonyl (C=O) groups excluding carboxylic acids is 1. The van der Waals surface area contributed by atoms with Gasteiger partial charge in [-0.05, 0) is 0 Å². The molecule has 0 aromatic rings. The van der Waals surface area contributed by atoms with Gasteiger partial charge >= 0.3 is 35.0 Å². The molecule has 0 aromatic heterocycles. The van der Waals surface area contributed by atoms with Gasteiger partial charge in [0.15, 0.2) is 5.60 Å². The van der Waals surface area contributed by atoms with Crippen LogP contribution in [0.5, 0.6) is 0 Å². The van der Waals surface area contributed by atoms with Crippen molar-refractivity contribution in [3.8, 4) is 0 Å². The first kappa shape index (κ1) is 24.1. The maximum absolute atomic E-state index is 10.3. The second-order valence-electron chi connectivity index (χ2n) is 3.03. The number of carboxylic acid groups (broad SMARTS) is 3. The van der Waals surface area contributed by atoms with E-state index in [2.05, 4.69) is 4.18 Å². The molecule has 0 saturated carbocycles. The molecular weight excluding hydrogens is 316 g/mol. The fourth-order valence-corrected chi connectivity index (χ4v) is 0.703. The van der Waals surface area contributed by atoms with Gasteiger partial charge in [-0.3, -0.25) is 8.98 Å². The molecule has 1 unspecified atom stereocenters. The zero-order valence-corrected chi connectivity index (χ0v) is 12.4. The van der Waals surface area contributed by atoms with E-state index in [1.54, 1.807) is 0 Å². The first-order valence-corrected chi connectivity index (χ1v) is 5.56. The Balaban J connectivity index is -0.000000352. The van der Waals surface area contributed by atoms with Crippen LogP contribution in [0, 0.1) is 0 Å². The molecule has 1 atom stereocenters. The third-order valence-corrected chi connectivity index (χ3v) is 1.89. The summed E-state index contributed by atoms with van der Waals surface area (Å²) < 4.78 is 31.0. The number of hydrogen-bond acceptors (Lipinski definition) is 9. The van der Waals surface area contributed by atoms with Crippen molar-refractivity contribution in [2.45, 2.75) is 18.4 Å². The minimum Gasteiger partial charge on any atom is -0.726 e. The van der Waals surface area contributed by atoms with Crippen LogP contribution in [0.1, 0.15) is 12.8 Å². The Morgan fingerprint density at radius 2 is 1.55 bits per heavy atom. The van der Waals surface area contributed by atoms with Crippen LogP contribution in [0.3, 0.4) is 0 Å². The maximum Gasteiger partial charge on any atom is 2.00 e. The molecule has 0 rings (SSSR count). The average molecular weight is 327 g/mol. The van der Waals surface area contributed by atoms with Gasteiger partial charge in [0.25, 0.3) is 0 Å². The number of aliphatic carboxylic acids is 3. The summed E-state index contributed by atoms with van der Waals surface area (Å²) in [6, 6.07) is 0. The summed E-state index contributed by atoms with van der Waals surface area (Å²) in [7, 11) is -3.60. The van der Waals surface area contributed by atoms with Gasteiger partial charge in [-0.15, -0.1) is 0 Å². The Hall–Kier alpha value is -0.994. The Kier molecular flexibility index (Phi) is 11.8. The number of hydrogen-bond donors (Lipinski definition) is 3. The molecule has 0 amide bonds. The van der Waals surface area contributed by atoms with Crippen molar-refractivity contribution in [1.82, 2.24) is 0 Å². The van der Waals surface area contributed by atoms with E-state index < -0.39 is 46.7 Å². The van der Waals surface area contributed by atoms with Crippen molar-refractivity contribution in [3.63, 3.8) is 0 Å². The quantitative estimate of drug-likeness (QED) is 0.245. The van der Waals surface area contributed by atoms with Crippen LogP contribution in [0.25, 0.3) is 0 Å². The summed E-state index contributed by atoms with van der Waals surface area (Å²) in [6.07, 6.45) is -2.44. The van der Waals surface area contributed by atoms with Crippen LogP contribution < -0.4 is 5.11 Å². The molecule has 0 fully saturated rings. The molecule has 0 aliphatic heterocycles. The smallest absolute Gasteiger partial charge is 0.726 e. The van der Waals surface area contributed by atoms with Crippen LogP contribution in [0.15, 0.2) is 0 Å². The van der Waals surface area contributed by atoms with E-state index >= 15 is 0 Å². The van der Waals surface area contributed by atoms with Gasteiger partial charge in [-0.25, -0.2) is 13.2 Å². The summed E-state index contributed by atoms with van der Waals surface area (Å²) in [5.41, 5.74) is -2.80. The van der Waals surface area contributed by atoms with Gasteiger partial charge < -0.3 is 29.8 Å². The minimum atomic E-state index is -4.41. The van der Waals surface area contributed by atoms with E-state index in [1.807, 2.05) is 0 Å². The number of carboxylic acids is 3. The van der Waals surface area contributed by atoms with Crippen LogP contribution in [0.4, 0.5) is 0 Å². The molecule has 0 heterocycles. The predicted octanol–water partition coefficient (Wildman–Crippen LogP) is -3.87. The number of aliphatic hydroxyl groups is 1. The second-order valence-corrected chi connectivity index (χ2v) is 4.18. The Bertz CT molecular complexity index is 426. The summed E-state index contributed by atoms with van der Waals surface area (Å²) in [5.74, 6) is -5.34. The first-order valence-electron chi connectivity index (χ1n) is 4.23. The van der Waals surface area contributed by atoms with E-state index in [4.69, 9.17) is 15.3 Å². The molecule has 112 valence electrons. The van der Waals surface area contributed by atoms with E-state index in [9.17, 15) is 32.5 Å². The molecule has 0 aliphatic carbocycles. The largest absolute Gasteiger partial charge is 2.00 e. The molecule has 3 N–H and O–H groups in total. The molecule has 0 radical (unpaired) electrons. The molecule has 0 bridgehead atoms. The van der Waals surface area contributed by atoms with Crippen molar-refractivity contribution in [2.24, 2.45) is 0 Å². The van der Waals surface area contributed by atoms with E-state index in [0.717, 1.165) is 7.11 Å².